The first-order valence-corrected chi connectivity index (χ1v) is 4.19. The average molecular weight is 145 g/mol. The average Bonchev–Trinajstić information content (AvgIpc) is 1.97. The van der Waals surface area contributed by atoms with Gasteiger partial charge in [-0.2, -0.15) is 0 Å². The Morgan fingerprint density at radius 1 is 1.10 bits per heavy atom. The van der Waals surface area contributed by atoms with Gasteiger partial charge in [0.1, 0.15) is 0 Å². The van der Waals surface area contributed by atoms with E-state index in [0.29, 0.717) is 13.2 Å². The molecule has 0 saturated heterocycles. The van der Waals surface area contributed by atoms with Crippen LogP contribution in [0.2, 0.25) is 0 Å². The van der Waals surface area contributed by atoms with Crippen molar-refractivity contribution < 1.29 is 4.74 Å². The first kappa shape index (κ1) is 9.92. The van der Waals surface area contributed by atoms with Gasteiger partial charge in [0.05, 0.1) is 6.61 Å². The van der Waals surface area contributed by atoms with E-state index in [9.17, 15) is 0 Å². The summed E-state index contributed by atoms with van der Waals surface area (Å²) >= 11 is 0. The highest BCUT2D eigenvalue weighted by atomic mass is 16.5. The zero-order valence-electron chi connectivity index (χ0n) is 6.94. The lowest BCUT2D eigenvalue weighted by Crippen LogP contribution is -2.08. The highest BCUT2D eigenvalue weighted by Crippen LogP contribution is 1.98. The molecule has 0 aliphatic rings. The van der Waals surface area contributed by atoms with Crippen LogP contribution in [-0.4, -0.2) is 19.8 Å². The van der Waals surface area contributed by atoms with Crippen molar-refractivity contribution in [2.75, 3.05) is 19.8 Å². The zero-order valence-corrected chi connectivity index (χ0v) is 6.94. The molecule has 0 heterocycles. The van der Waals surface area contributed by atoms with Crippen molar-refractivity contribution in [2.24, 2.45) is 5.73 Å². The van der Waals surface area contributed by atoms with Crippen LogP contribution in [0.25, 0.3) is 0 Å². The van der Waals surface area contributed by atoms with E-state index in [1.807, 2.05) is 0 Å². The summed E-state index contributed by atoms with van der Waals surface area (Å²) in [7, 11) is 0. The van der Waals surface area contributed by atoms with Gasteiger partial charge in [-0.3, -0.25) is 0 Å². The van der Waals surface area contributed by atoms with E-state index in [2.05, 4.69) is 6.92 Å². The predicted octanol–water partition coefficient (Wildman–Crippen LogP) is 1.54. The summed E-state index contributed by atoms with van der Waals surface area (Å²) in [5, 5.41) is 0. The molecule has 0 aromatic rings. The van der Waals surface area contributed by atoms with E-state index >= 15 is 0 Å². The van der Waals surface area contributed by atoms with E-state index in [4.69, 9.17) is 10.5 Å². The summed E-state index contributed by atoms with van der Waals surface area (Å²) in [4.78, 5) is 0. The van der Waals surface area contributed by atoms with Crippen molar-refractivity contribution in [1.82, 2.24) is 0 Å². The quantitative estimate of drug-likeness (QED) is 0.551. The molecule has 0 saturated carbocycles. The molecule has 0 fully saturated rings. The SMILES string of the molecule is CCCCCCOCCN. The topological polar surface area (TPSA) is 35.2 Å². The predicted molar refractivity (Wildman–Crippen MR) is 44.0 cm³/mol. The molecule has 0 unspecified atom stereocenters. The summed E-state index contributed by atoms with van der Waals surface area (Å²) < 4.78 is 5.20. The standard InChI is InChI=1S/C8H19NO/c1-2-3-4-5-7-10-8-6-9/h2-9H2,1H3. The Bertz CT molecular complexity index is 49.2. The molecule has 0 aliphatic heterocycles. The van der Waals surface area contributed by atoms with E-state index in [0.717, 1.165) is 6.61 Å². The van der Waals surface area contributed by atoms with E-state index < -0.39 is 0 Å². The van der Waals surface area contributed by atoms with Crippen LogP contribution in [0.1, 0.15) is 32.6 Å². The molecule has 2 nitrogen and oxygen atoms in total. The Labute approximate surface area is 63.7 Å². The van der Waals surface area contributed by atoms with Crippen LogP contribution < -0.4 is 5.73 Å². The summed E-state index contributed by atoms with van der Waals surface area (Å²) in [6, 6.07) is 0. The van der Waals surface area contributed by atoms with Gasteiger partial charge in [-0.25, -0.2) is 0 Å². The fraction of sp³-hybridized carbons (Fsp3) is 1.00. The summed E-state index contributed by atoms with van der Waals surface area (Å²) in [5.74, 6) is 0. The zero-order chi connectivity index (χ0) is 7.66. The summed E-state index contributed by atoms with van der Waals surface area (Å²) in [6.45, 7) is 4.46. The maximum Gasteiger partial charge on any atom is 0.0588 e. The van der Waals surface area contributed by atoms with Crippen LogP contribution in [-0.2, 0) is 4.74 Å². The molecule has 10 heavy (non-hydrogen) atoms. The van der Waals surface area contributed by atoms with Crippen LogP contribution in [0.15, 0.2) is 0 Å². The molecule has 0 aromatic heterocycles. The molecule has 62 valence electrons. The minimum Gasteiger partial charge on any atom is -0.380 e. The van der Waals surface area contributed by atoms with E-state index in [1.165, 1.54) is 25.7 Å². The highest BCUT2D eigenvalue weighted by molar-refractivity contribution is 4.39. The Hall–Kier alpha value is -0.0800. The van der Waals surface area contributed by atoms with Crippen LogP contribution in [0.5, 0.6) is 0 Å². The molecule has 0 amide bonds. The Morgan fingerprint density at radius 3 is 2.50 bits per heavy atom. The maximum atomic E-state index is 5.24. The van der Waals surface area contributed by atoms with Gasteiger partial charge in [0.15, 0.2) is 0 Å². The molecule has 2 heteroatoms. The Morgan fingerprint density at radius 2 is 1.90 bits per heavy atom. The lowest BCUT2D eigenvalue weighted by Gasteiger charge is -2.00. The van der Waals surface area contributed by atoms with Crippen molar-refractivity contribution in [3.05, 3.63) is 0 Å². The number of hydrogen-bond donors (Lipinski definition) is 1. The van der Waals surface area contributed by atoms with Gasteiger partial charge in [0.2, 0.25) is 0 Å². The number of ether oxygens (including phenoxy) is 1. The third-order valence-electron chi connectivity index (χ3n) is 1.40. The van der Waals surface area contributed by atoms with Crippen LogP contribution in [0.3, 0.4) is 0 Å². The maximum absolute atomic E-state index is 5.24. The second kappa shape index (κ2) is 8.92. The molecule has 0 bridgehead atoms. The van der Waals surface area contributed by atoms with Gasteiger partial charge in [-0.1, -0.05) is 26.2 Å². The third kappa shape index (κ3) is 7.92. The first-order valence-electron chi connectivity index (χ1n) is 4.19. The molecular weight excluding hydrogens is 126 g/mol. The van der Waals surface area contributed by atoms with Crippen LogP contribution >= 0.6 is 0 Å². The van der Waals surface area contributed by atoms with Crippen molar-refractivity contribution in [2.45, 2.75) is 32.6 Å². The largest absolute Gasteiger partial charge is 0.380 e. The fourth-order valence-corrected chi connectivity index (χ4v) is 0.816. The third-order valence-corrected chi connectivity index (χ3v) is 1.40. The molecule has 0 aliphatic carbocycles. The smallest absolute Gasteiger partial charge is 0.0588 e. The minimum atomic E-state index is 0.647. The molecular formula is C8H19NO. The Balaban J connectivity index is 2.65. The number of rotatable bonds is 7. The molecule has 0 radical (unpaired) electrons. The van der Waals surface area contributed by atoms with Crippen molar-refractivity contribution >= 4 is 0 Å². The number of nitrogens with two attached hydrogens (primary N) is 1. The van der Waals surface area contributed by atoms with Crippen molar-refractivity contribution in [3.63, 3.8) is 0 Å². The lowest BCUT2D eigenvalue weighted by atomic mass is 10.2. The van der Waals surface area contributed by atoms with Crippen molar-refractivity contribution in [1.29, 1.82) is 0 Å². The van der Waals surface area contributed by atoms with Gasteiger partial charge < -0.3 is 10.5 Å². The number of unbranched alkanes of at least 4 members (excludes halogenated alkanes) is 3. The Kier molecular flexibility index (Phi) is 8.85. The molecule has 0 spiro atoms. The summed E-state index contributed by atoms with van der Waals surface area (Å²) in [6.07, 6.45) is 5.10. The van der Waals surface area contributed by atoms with Crippen molar-refractivity contribution in [3.8, 4) is 0 Å². The van der Waals surface area contributed by atoms with Gasteiger partial charge in [-0.05, 0) is 6.42 Å². The molecule has 2 N–H and O–H groups in total. The molecule has 0 rings (SSSR count). The second-order valence-electron chi connectivity index (χ2n) is 2.46. The minimum absolute atomic E-state index is 0.647. The van der Waals surface area contributed by atoms with Gasteiger partial charge in [0, 0.05) is 13.2 Å². The summed E-state index contributed by atoms with van der Waals surface area (Å²) in [5.41, 5.74) is 5.24. The van der Waals surface area contributed by atoms with E-state index in [-0.39, 0.29) is 0 Å². The lowest BCUT2D eigenvalue weighted by molar-refractivity contribution is 0.137. The number of hydrogen-bond acceptors (Lipinski definition) is 2. The first-order chi connectivity index (χ1) is 4.91. The van der Waals surface area contributed by atoms with E-state index in [1.54, 1.807) is 0 Å². The highest BCUT2D eigenvalue weighted by Gasteiger charge is 1.86. The van der Waals surface area contributed by atoms with Crippen LogP contribution in [0.4, 0.5) is 0 Å². The van der Waals surface area contributed by atoms with Gasteiger partial charge in [-0.15, -0.1) is 0 Å². The normalized spacial score (nSPS) is 10.2. The molecule has 0 aromatic carbocycles. The van der Waals surface area contributed by atoms with Gasteiger partial charge in [0.25, 0.3) is 0 Å². The molecule has 0 atom stereocenters. The second-order valence-corrected chi connectivity index (χ2v) is 2.46. The van der Waals surface area contributed by atoms with Gasteiger partial charge >= 0.3 is 0 Å². The van der Waals surface area contributed by atoms with Crippen LogP contribution in [0, 0.1) is 0 Å². The fourth-order valence-electron chi connectivity index (χ4n) is 0.816. The monoisotopic (exact) mass is 145 g/mol.